The minimum atomic E-state index is -0.228. The second-order valence-corrected chi connectivity index (χ2v) is 6.24. The van der Waals surface area contributed by atoms with Crippen LogP contribution < -0.4 is 11.1 Å². The van der Waals surface area contributed by atoms with Gasteiger partial charge in [-0.1, -0.05) is 32.6 Å². The summed E-state index contributed by atoms with van der Waals surface area (Å²) in [4.78, 5) is 4.46. The average molecular weight is 253 g/mol. The van der Waals surface area contributed by atoms with E-state index in [-0.39, 0.29) is 11.5 Å². The Morgan fingerprint density at radius 1 is 1.28 bits per heavy atom. The van der Waals surface area contributed by atoms with Crippen LogP contribution in [0.5, 0.6) is 0 Å². The van der Waals surface area contributed by atoms with Crippen molar-refractivity contribution < 1.29 is 5.11 Å². The first-order chi connectivity index (χ1) is 8.60. The van der Waals surface area contributed by atoms with Gasteiger partial charge in [-0.2, -0.15) is 0 Å². The van der Waals surface area contributed by atoms with Crippen molar-refractivity contribution in [3.63, 3.8) is 0 Å². The predicted molar refractivity (Wildman–Crippen MR) is 74.5 cm³/mol. The van der Waals surface area contributed by atoms with Crippen molar-refractivity contribution in [1.29, 1.82) is 0 Å². The van der Waals surface area contributed by atoms with Crippen molar-refractivity contribution in [2.24, 2.45) is 16.1 Å². The van der Waals surface area contributed by atoms with Gasteiger partial charge in [0.15, 0.2) is 5.96 Å². The zero-order chi connectivity index (χ0) is 13.0. The summed E-state index contributed by atoms with van der Waals surface area (Å²) in [6.07, 6.45) is 9.05. The lowest BCUT2D eigenvalue weighted by Gasteiger charge is -2.37. The van der Waals surface area contributed by atoms with E-state index in [1.165, 1.54) is 32.1 Å². The molecule has 0 spiro atoms. The Kier molecular flexibility index (Phi) is 4.49. The second kappa shape index (κ2) is 5.91. The van der Waals surface area contributed by atoms with Gasteiger partial charge >= 0.3 is 0 Å². The Morgan fingerprint density at radius 3 is 2.61 bits per heavy atom. The van der Waals surface area contributed by atoms with E-state index in [1.807, 2.05) is 0 Å². The molecule has 4 heteroatoms. The Balaban J connectivity index is 1.84. The van der Waals surface area contributed by atoms with E-state index in [1.54, 1.807) is 0 Å². The molecule has 4 nitrogen and oxygen atoms in total. The van der Waals surface area contributed by atoms with Crippen molar-refractivity contribution in [2.45, 2.75) is 70.4 Å². The van der Waals surface area contributed by atoms with Gasteiger partial charge in [-0.15, -0.1) is 0 Å². The SMILES string of the molecule is CC1(CN=C(N)NC2CCCC2)CCCCC1O. The largest absolute Gasteiger partial charge is 0.392 e. The molecule has 0 bridgehead atoms. The number of aliphatic imine (C=N–C) groups is 1. The van der Waals surface area contributed by atoms with Crippen molar-refractivity contribution in [3.8, 4) is 0 Å². The number of nitrogens with two attached hydrogens (primary N) is 1. The number of rotatable bonds is 3. The van der Waals surface area contributed by atoms with Crippen LogP contribution in [0.15, 0.2) is 4.99 Å². The van der Waals surface area contributed by atoms with E-state index in [0.717, 1.165) is 19.3 Å². The Labute approximate surface area is 110 Å². The highest BCUT2D eigenvalue weighted by Crippen LogP contribution is 2.36. The Hall–Kier alpha value is -0.770. The van der Waals surface area contributed by atoms with Crippen LogP contribution in [0, 0.1) is 5.41 Å². The van der Waals surface area contributed by atoms with E-state index in [0.29, 0.717) is 18.5 Å². The fourth-order valence-corrected chi connectivity index (χ4v) is 3.16. The molecule has 2 rings (SSSR count). The lowest BCUT2D eigenvalue weighted by atomic mass is 9.73. The third-order valence-corrected chi connectivity index (χ3v) is 4.60. The number of aliphatic hydroxyl groups is 1. The number of hydrogen-bond acceptors (Lipinski definition) is 2. The van der Waals surface area contributed by atoms with Crippen LogP contribution >= 0.6 is 0 Å². The van der Waals surface area contributed by atoms with Gasteiger partial charge in [-0.25, -0.2) is 0 Å². The molecule has 0 aromatic heterocycles. The second-order valence-electron chi connectivity index (χ2n) is 6.24. The third-order valence-electron chi connectivity index (χ3n) is 4.60. The van der Waals surface area contributed by atoms with Crippen LogP contribution in [0.25, 0.3) is 0 Å². The highest BCUT2D eigenvalue weighted by Gasteiger charge is 2.35. The van der Waals surface area contributed by atoms with Crippen molar-refractivity contribution in [1.82, 2.24) is 5.32 Å². The number of aliphatic hydroxyl groups excluding tert-OH is 1. The van der Waals surface area contributed by atoms with Gasteiger partial charge in [0.2, 0.25) is 0 Å². The molecule has 2 unspecified atom stereocenters. The summed E-state index contributed by atoms with van der Waals surface area (Å²) in [5, 5.41) is 13.4. The fraction of sp³-hybridized carbons (Fsp3) is 0.929. The van der Waals surface area contributed by atoms with Gasteiger partial charge in [0.1, 0.15) is 0 Å². The summed E-state index contributed by atoms with van der Waals surface area (Å²) < 4.78 is 0. The molecule has 0 aromatic rings. The Morgan fingerprint density at radius 2 is 1.94 bits per heavy atom. The van der Waals surface area contributed by atoms with Crippen LogP contribution in [0.4, 0.5) is 0 Å². The minimum absolute atomic E-state index is 0.0831. The van der Waals surface area contributed by atoms with Gasteiger partial charge in [-0.05, 0) is 25.7 Å². The monoisotopic (exact) mass is 253 g/mol. The first-order valence-electron chi connectivity index (χ1n) is 7.35. The van der Waals surface area contributed by atoms with E-state index in [9.17, 15) is 5.11 Å². The van der Waals surface area contributed by atoms with Crippen LogP contribution in [-0.4, -0.2) is 29.8 Å². The molecular formula is C14H27N3O. The number of hydrogen-bond donors (Lipinski definition) is 3. The summed E-state index contributed by atoms with van der Waals surface area (Å²) in [5.41, 5.74) is 5.85. The summed E-state index contributed by atoms with van der Waals surface area (Å²) in [6.45, 7) is 2.77. The van der Waals surface area contributed by atoms with Crippen molar-refractivity contribution >= 4 is 5.96 Å². The van der Waals surface area contributed by atoms with Gasteiger partial charge in [0.25, 0.3) is 0 Å². The number of nitrogens with one attached hydrogen (secondary N) is 1. The van der Waals surface area contributed by atoms with Crippen LogP contribution in [0.2, 0.25) is 0 Å². The molecule has 0 saturated heterocycles. The molecule has 104 valence electrons. The molecular weight excluding hydrogens is 226 g/mol. The van der Waals surface area contributed by atoms with Crippen LogP contribution in [0.3, 0.4) is 0 Å². The first-order valence-corrected chi connectivity index (χ1v) is 7.35. The number of guanidine groups is 1. The zero-order valence-electron chi connectivity index (χ0n) is 11.5. The molecule has 2 aliphatic rings. The lowest BCUT2D eigenvalue weighted by Crippen LogP contribution is -2.42. The molecule has 2 aliphatic carbocycles. The molecule has 4 N–H and O–H groups in total. The fourth-order valence-electron chi connectivity index (χ4n) is 3.16. The quantitative estimate of drug-likeness (QED) is 0.530. The molecule has 0 heterocycles. The maximum absolute atomic E-state index is 10.1. The molecule has 2 atom stereocenters. The molecule has 0 radical (unpaired) electrons. The predicted octanol–water partition coefficient (Wildman–Crippen LogP) is 1.77. The van der Waals surface area contributed by atoms with Gasteiger partial charge in [0.05, 0.1) is 12.6 Å². The van der Waals surface area contributed by atoms with Gasteiger partial charge < -0.3 is 16.2 Å². The lowest BCUT2D eigenvalue weighted by molar-refractivity contribution is 0.00719. The number of nitrogens with zero attached hydrogens (tertiary/aromatic N) is 1. The molecule has 0 aromatic carbocycles. The topological polar surface area (TPSA) is 70.6 Å². The summed E-state index contributed by atoms with van der Waals surface area (Å²) >= 11 is 0. The third kappa shape index (κ3) is 3.37. The summed E-state index contributed by atoms with van der Waals surface area (Å²) in [7, 11) is 0. The Bertz CT molecular complexity index is 299. The molecule has 2 fully saturated rings. The van der Waals surface area contributed by atoms with Crippen LogP contribution in [-0.2, 0) is 0 Å². The standard InChI is InChI=1S/C14H27N3O/c1-14(9-5-4-8-12(14)18)10-16-13(15)17-11-6-2-3-7-11/h11-12,18H,2-10H2,1H3,(H3,15,16,17). The summed E-state index contributed by atoms with van der Waals surface area (Å²) in [5.74, 6) is 0.556. The van der Waals surface area contributed by atoms with Gasteiger partial charge in [0, 0.05) is 11.5 Å². The zero-order valence-corrected chi connectivity index (χ0v) is 11.5. The maximum Gasteiger partial charge on any atom is 0.188 e. The van der Waals surface area contributed by atoms with Crippen molar-refractivity contribution in [2.75, 3.05) is 6.54 Å². The van der Waals surface area contributed by atoms with Crippen molar-refractivity contribution in [3.05, 3.63) is 0 Å². The van der Waals surface area contributed by atoms with Crippen LogP contribution in [0.1, 0.15) is 58.3 Å². The smallest absolute Gasteiger partial charge is 0.188 e. The summed E-state index contributed by atoms with van der Waals surface area (Å²) in [6, 6.07) is 0.512. The average Bonchev–Trinajstić information content (AvgIpc) is 2.84. The van der Waals surface area contributed by atoms with E-state index in [2.05, 4.69) is 17.2 Å². The minimum Gasteiger partial charge on any atom is -0.392 e. The van der Waals surface area contributed by atoms with E-state index in [4.69, 9.17) is 5.73 Å². The first kappa shape index (κ1) is 13.7. The normalized spacial score (nSPS) is 34.8. The van der Waals surface area contributed by atoms with Gasteiger partial charge in [-0.3, -0.25) is 4.99 Å². The van der Waals surface area contributed by atoms with E-state index < -0.39 is 0 Å². The highest BCUT2D eigenvalue weighted by atomic mass is 16.3. The molecule has 2 saturated carbocycles. The molecule has 18 heavy (non-hydrogen) atoms. The molecule has 0 amide bonds. The highest BCUT2D eigenvalue weighted by molar-refractivity contribution is 5.78. The maximum atomic E-state index is 10.1. The van der Waals surface area contributed by atoms with E-state index >= 15 is 0 Å². The molecule has 0 aliphatic heterocycles.